The number of hydrogen-bond donors (Lipinski definition) is 1. The highest BCUT2D eigenvalue weighted by Crippen LogP contribution is 2.27. The van der Waals surface area contributed by atoms with Gasteiger partial charge in [0.1, 0.15) is 0 Å². The number of hydrogen-bond acceptors (Lipinski definition) is 4. The molecule has 0 bridgehead atoms. The average molecular weight is 291 g/mol. The molecular formula is C11H11ClO5S. The molecule has 0 radical (unpaired) electrons. The summed E-state index contributed by atoms with van der Waals surface area (Å²) in [6.07, 6.45) is -0.551. The normalized spacial score (nSPS) is 12.9. The fourth-order valence-electron chi connectivity index (χ4n) is 1.24. The molecule has 1 aromatic carbocycles. The van der Waals surface area contributed by atoms with Gasteiger partial charge in [-0.3, -0.25) is 0 Å². The van der Waals surface area contributed by atoms with E-state index in [1.165, 1.54) is 12.1 Å². The fourth-order valence-corrected chi connectivity index (χ4v) is 2.33. The highest BCUT2D eigenvalue weighted by atomic mass is 35.5. The zero-order valence-corrected chi connectivity index (χ0v) is 10.8. The Morgan fingerprint density at radius 3 is 2.61 bits per heavy atom. The lowest BCUT2D eigenvalue weighted by Gasteiger charge is -2.14. The molecule has 5 nitrogen and oxygen atoms in total. The van der Waals surface area contributed by atoms with Gasteiger partial charge in [0.2, 0.25) is 6.10 Å². The zero-order valence-electron chi connectivity index (χ0n) is 9.24. The highest BCUT2D eigenvalue weighted by Gasteiger charge is 2.28. The van der Waals surface area contributed by atoms with Gasteiger partial charge in [0.05, 0.1) is 5.75 Å². The van der Waals surface area contributed by atoms with Crippen LogP contribution in [0.5, 0.6) is 0 Å². The van der Waals surface area contributed by atoms with Crippen LogP contribution in [0.4, 0.5) is 0 Å². The SMILES string of the molecule is C=CCS(=O)(=O)O[C@@H](C(=O)O)c1ccccc1Cl. The Morgan fingerprint density at radius 1 is 1.50 bits per heavy atom. The smallest absolute Gasteiger partial charge is 0.339 e. The standard InChI is InChI=1S/C11H11ClO5S/c1-2-7-18(15,16)17-10(11(13)14)8-5-3-4-6-9(8)12/h2-6,10H,1,7H2,(H,13,14)/t10-/m1/s1. The Labute approximate surface area is 110 Å². The Hall–Kier alpha value is -1.37. The first-order chi connectivity index (χ1) is 8.37. The van der Waals surface area contributed by atoms with Gasteiger partial charge in [-0.15, -0.1) is 6.58 Å². The molecular weight excluding hydrogens is 280 g/mol. The summed E-state index contributed by atoms with van der Waals surface area (Å²) in [6.45, 7) is 3.26. The number of aliphatic carboxylic acids is 1. The summed E-state index contributed by atoms with van der Waals surface area (Å²) in [6, 6.07) is 5.99. The average Bonchev–Trinajstić information content (AvgIpc) is 2.26. The lowest BCUT2D eigenvalue weighted by atomic mass is 10.1. The Kier molecular flexibility index (Phi) is 4.89. The molecule has 0 fully saturated rings. The van der Waals surface area contributed by atoms with Crippen LogP contribution in [-0.2, 0) is 19.1 Å². The van der Waals surface area contributed by atoms with Crippen LogP contribution in [0.15, 0.2) is 36.9 Å². The zero-order chi connectivity index (χ0) is 13.8. The summed E-state index contributed by atoms with van der Waals surface area (Å²) in [5.41, 5.74) is 0.0827. The van der Waals surface area contributed by atoms with Crippen LogP contribution >= 0.6 is 11.6 Å². The minimum atomic E-state index is -4.00. The van der Waals surface area contributed by atoms with Crippen molar-refractivity contribution in [3.05, 3.63) is 47.5 Å². The number of rotatable bonds is 6. The van der Waals surface area contributed by atoms with Crippen molar-refractivity contribution in [3.8, 4) is 0 Å². The van der Waals surface area contributed by atoms with E-state index in [0.29, 0.717) is 0 Å². The first kappa shape index (κ1) is 14.7. The van der Waals surface area contributed by atoms with Gasteiger partial charge in [-0.1, -0.05) is 35.9 Å². The second kappa shape index (κ2) is 5.99. The van der Waals surface area contributed by atoms with E-state index in [1.807, 2.05) is 0 Å². The van der Waals surface area contributed by atoms with Crippen molar-refractivity contribution in [2.45, 2.75) is 6.10 Å². The predicted molar refractivity (Wildman–Crippen MR) is 66.9 cm³/mol. The van der Waals surface area contributed by atoms with Gasteiger partial charge >= 0.3 is 5.97 Å². The van der Waals surface area contributed by atoms with E-state index >= 15 is 0 Å². The molecule has 7 heteroatoms. The monoisotopic (exact) mass is 290 g/mol. The van der Waals surface area contributed by atoms with E-state index in [9.17, 15) is 13.2 Å². The highest BCUT2D eigenvalue weighted by molar-refractivity contribution is 7.86. The maximum absolute atomic E-state index is 11.4. The van der Waals surface area contributed by atoms with Crippen LogP contribution in [0.2, 0.25) is 5.02 Å². The molecule has 0 unspecified atom stereocenters. The molecule has 0 aliphatic carbocycles. The maximum atomic E-state index is 11.4. The molecule has 1 aromatic rings. The van der Waals surface area contributed by atoms with Crippen LogP contribution in [0.25, 0.3) is 0 Å². The summed E-state index contributed by atoms with van der Waals surface area (Å²) in [4.78, 5) is 11.1. The predicted octanol–water partition coefficient (Wildman–Crippen LogP) is 2.00. The molecule has 98 valence electrons. The number of carbonyl (C=O) groups is 1. The number of halogens is 1. The van der Waals surface area contributed by atoms with Crippen molar-refractivity contribution in [2.75, 3.05) is 5.75 Å². The van der Waals surface area contributed by atoms with Gasteiger partial charge < -0.3 is 5.11 Å². The maximum Gasteiger partial charge on any atom is 0.339 e. The van der Waals surface area contributed by atoms with Gasteiger partial charge in [-0.2, -0.15) is 8.42 Å². The molecule has 0 spiro atoms. The van der Waals surface area contributed by atoms with E-state index in [2.05, 4.69) is 10.8 Å². The lowest BCUT2D eigenvalue weighted by Crippen LogP contribution is -2.21. The van der Waals surface area contributed by atoms with Crippen molar-refractivity contribution in [1.82, 2.24) is 0 Å². The fraction of sp³-hybridized carbons (Fsp3) is 0.182. The molecule has 0 aliphatic heterocycles. The van der Waals surface area contributed by atoms with E-state index in [0.717, 1.165) is 6.08 Å². The third-order valence-electron chi connectivity index (χ3n) is 1.98. The summed E-state index contributed by atoms with van der Waals surface area (Å²) in [5.74, 6) is -1.91. The van der Waals surface area contributed by atoms with Crippen LogP contribution < -0.4 is 0 Å². The Morgan fingerprint density at radius 2 is 2.11 bits per heavy atom. The molecule has 0 saturated carbocycles. The third kappa shape index (κ3) is 3.83. The number of carboxylic acids is 1. The van der Waals surface area contributed by atoms with Crippen molar-refractivity contribution in [1.29, 1.82) is 0 Å². The van der Waals surface area contributed by atoms with Crippen LogP contribution in [-0.4, -0.2) is 25.2 Å². The quantitative estimate of drug-likeness (QED) is 0.640. The summed E-state index contributed by atoms with van der Waals surface area (Å²) in [7, 11) is -4.00. The Balaban J connectivity index is 3.10. The molecule has 1 rings (SSSR count). The molecule has 0 heterocycles. The summed E-state index contributed by atoms with van der Waals surface area (Å²) in [5, 5.41) is 9.13. The van der Waals surface area contributed by atoms with Crippen molar-refractivity contribution >= 4 is 27.7 Å². The van der Waals surface area contributed by atoms with Gasteiger partial charge in [0, 0.05) is 10.6 Å². The van der Waals surface area contributed by atoms with Crippen LogP contribution in [0.1, 0.15) is 11.7 Å². The van der Waals surface area contributed by atoms with E-state index in [4.69, 9.17) is 16.7 Å². The van der Waals surface area contributed by atoms with Gasteiger partial charge in [-0.05, 0) is 6.07 Å². The molecule has 0 saturated heterocycles. The molecule has 0 amide bonds. The van der Waals surface area contributed by atoms with E-state index < -0.39 is 27.9 Å². The van der Waals surface area contributed by atoms with E-state index in [1.54, 1.807) is 12.1 Å². The Bertz CT molecular complexity index is 552. The van der Waals surface area contributed by atoms with Crippen molar-refractivity contribution in [2.24, 2.45) is 0 Å². The molecule has 0 aliphatic rings. The molecule has 0 aromatic heterocycles. The molecule has 18 heavy (non-hydrogen) atoms. The molecule has 1 N–H and O–H groups in total. The first-order valence-corrected chi connectivity index (χ1v) is 6.82. The van der Waals surface area contributed by atoms with Crippen molar-refractivity contribution in [3.63, 3.8) is 0 Å². The second-order valence-electron chi connectivity index (χ2n) is 3.35. The first-order valence-electron chi connectivity index (χ1n) is 4.86. The second-order valence-corrected chi connectivity index (χ2v) is 5.40. The number of benzene rings is 1. The minimum Gasteiger partial charge on any atom is -0.479 e. The van der Waals surface area contributed by atoms with Gasteiger partial charge in [0.25, 0.3) is 10.1 Å². The van der Waals surface area contributed by atoms with Crippen molar-refractivity contribution < 1.29 is 22.5 Å². The van der Waals surface area contributed by atoms with Crippen LogP contribution in [0, 0.1) is 0 Å². The van der Waals surface area contributed by atoms with E-state index in [-0.39, 0.29) is 10.6 Å². The molecule has 1 atom stereocenters. The summed E-state index contributed by atoms with van der Waals surface area (Å²) >= 11 is 5.81. The van der Waals surface area contributed by atoms with Gasteiger partial charge in [-0.25, -0.2) is 8.98 Å². The summed E-state index contributed by atoms with van der Waals surface area (Å²) < 4.78 is 27.5. The van der Waals surface area contributed by atoms with Crippen LogP contribution in [0.3, 0.4) is 0 Å². The largest absolute Gasteiger partial charge is 0.479 e. The lowest BCUT2D eigenvalue weighted by molar-refractivity contribution is -0.145. The third-order valence-corrected chi connectivity index (χ3v) is 3.45. The minimum absolute atomic E-state index is 0.0827. The number of carboxylic acid groups (broad SMARTS) is 1. The topological polar surface area (TPSA) is 80.7 Å². The van der Waals surface area contributed by atoms with Gasteiger partial charge in [0.15, 0.2) is 0 Å².